The van der Waals surface area contributed by atoms with Crippen molar-refractivity contribution in [2.45, 2.75) is 50.7 Å². The zero-order valence-electron chi connectivity index (χ0n) is 22.5. The number of hydrogen-bond acceptors (Lipinski definition) is 5. The van der Waals surface area contributed by atoms with Crippen molar-refractivity contribution in [2.75, 3.05) is 13.1 Å². The lowest BCUT2D eigenvalue weighted by Crippen LogP contribution is -2.50. The molecule has 204 valence electrons. The fraction of sp³-hybridized carbons (Fsp3) is 0.303. The van der Waals surface area contributed by atoms with Gasteiger partial charge in [0.2, 0.25) is 5.91 Å². The van der Waals surface area contributed by atoms with Crippen LogP contribution in [0.1, 0.15) is 35.1 Å². The van der Waals surface area contributed by atoms with E-state index in [2.05, 4.69) is 23.4 Å². The number of hydrogen-bond donors (Lipinski definition) is 4. The Morgan fingerprint density at radius 3 is 2.31 bits per heavy atom. The number of nitrogens with zero attached hydrogens (tertiary/aromatic N) is 1. The molecule has 3 aromatic carbocycles. The van der Waals surface area contributed by atoms with Crippen LogP contribution in [-0.2, 0) is 30.6 Å². The van der Waals surface area contributed by atoms with Gasteiger partial charge in [-0.05, 0) is 67.0 Å². The van der Waals surface area contributed by atoms with Crippen LogP contribution < -0.4 is 11.1 Å². The number of likely N-dealkylation sites (tertiary alicyclic amines) is 1. The summed E-state index contributed by atoms with van der Waals surface area (Å²) >= 11 is 0. The van der Waals surface area contributed by atoms with E-state index in [1.807, 2.05) is 66.7 Å². The van der Waals surface area contributed by atoms with Crippen LogP contribution in [0.3, 0.4) is 0 Å². The molecule has 0 radical (unpaired) electrons. The average Bonchev–Trinajstić information content (AvgIpc) is 2.93. The zero-order chi connectivity index (χ0) is 27.8. The number of aromatic hydroxyl groups is 2. The molecule has 0 spiro atoms. The second kappa shape index (κ2) is 13.3. The van der Waals surface area contributed by atoms with Crippen LogP contribution in [-0.4, -0.2) is 46.2 Å². The Labute approximate surface area is 231 Å². The zero-order valence-corrected chi connectivity index (χ0v) is 22.5. The van der Waals surface area contributed by atoms with E-state index in [0.717, 1.165) is 48.2 Å². The second-order valence-corrected chi connectivity index (χ2v) is 10.3. The number of carbonyl (C=O) groups is 1. The normalized spacial score (nSPS) is 15.0. The van der Waals surface area contributed by atoms with Gasteiger partial charge in [-0.15, -0.1) is 13.2 Å². The van der Waals surface area contributed by atoms with Crippen molar-refractivity contribution >= 4 is 5.91 Å². The highest BCUT2D eigenvalue weighted by molar-refractivity contribution is 5.82. The third-order valence-corrected chi connectivity index (χ3v) is 7.32. The van der Waals surface area contributed by atoms with Crippen molar-refractivity contribution < 1.29 is 15.0 Å². The summed E-state index contributed by atoms with van der Waals surface area (Å²) in [5.41, 5.74) is 11.3. The summed E-state index contributed by atoms with van der Waals surface area (Å²) in [6.07, 6.45) is 7.13. The molecule has 1 fully saturated rings. The van der Waals surface area contributed by atoms with Crippen LogP contribution in [0, 0.1) is 0 Å². The molecule has 1 aliphatic rings. The van der Waals surface area contributed by atoms with Crippen LogP contribution >= 0.6 is 0 Å². The van der Waals surface area contributed by atoms with E-state index in [9.17, 15) is 15.0 Å². The number of amides is 1. The molecule has 1 saturated heterocycles. The molecule has 0 saturated carbocycles. The monoisotopic (exact) mass is 525 g/mol. The minimum Gasteiger partial charge on any atom is -0.507 e. The third kappa shape index (κ3) is 7.37. The van der Waals surface area contributed by atoms with Gasteiger partial charge in [-0.2, -0.15) is 0 Å². The van der Waals surface area contributed by atoms with E-state index in [4.69, 9.17) is 5.73 Å². The van der Waals surface area contributed by atoms with E-state index >= 15 is 0 Å². The molecule has 4 rings (SSSR count). The number of allylic oxidation sites excluding steroid dienone is 2. The van der Waals surface area contributed by atoms with Gasteiger partial charge in [-0.25, -0.2) is 0 Å². The predicted octanol–water partition coefficient (Wildman–Crippen LogP) is 4.87. The van der Waals surface area contributed by atoms with E-state index in [0.29, 0.717) is 36.9 Å². The molecule has 1 heterocycles. The maximum Gasteiger partial charge on any atom is 0.237 e. The lowest BCUT2D eigenvalue weighted by atomic mass is 9.94. The van der Waals surface area contributed by atoms with Gasteiger partial charge >= 0.3 is 0 Å². The molecule has 0 aliphatic carbocycles. The number of piperidine rings is 1. The molecule has 5 N–H and O–H groups in total. The summed E-state index contributed by atoms with van der Waals surface area (Å²) < 4.78 is 0. The molecule has 6 heteroatoms. The fourth-order valence-electron chi connectivity index (χ4n) is 5.21. The lowest BCUT2D eigenvalue weighted by Gasteiger charge is -2.33. The first-order valence-electron chi connectivity index (χ1n) is 13.6. The molecule has 1 atom stereocenters. The van der Waals surface area contributed by atoms with Crippen molar-refractivity contribution in [2.24, 2.45) is 5.73 Å². The second-order valence-electron chi connectivity index (χ2n) is 10.3. The molecule has 0 aromatic heterocycles. The minimum absolute atomic E-state index is 0.0800. The fourth-order valence-corrected chi connectivity index (χ4v) is 5.21. The average molecular weight is 526 g/mol. The SMILES string of the molecule is C=CCc1ccc(O)c(-c2cc(CC=C)cc(CN3CCC(NC(=O)[C@@H](N)Cc4ccccc4)CC3)c2O)c1. The van der Waals surface area contributed by atoms with Gasteiger partial charge < -0.3 is 21.3 Å². The molecular formula is C33H39N3O3. The quantitative estimate of drug-likeness (QED) is 0.268. The van der Waals surface area contributed by atoms with Gasteiger partial charge in [-0.3, -0.25) is 9.69 Å². The van der Waals surface area contributed by atoms with Crippen LogP contribution in [0.5, 0.6) is 11.5 Å². The minimum atomic E-state index is -0.574. The Balaban J connectivity index is 1.42. The summed E-state index contributed by atoms with van der Waals surface area (Å²) in [7, 11) is 0. The van der Waals surface area contributed by atoms with Crippen molar-refractivity contribution in [1.29, 1.82) is 0 Å². The van der Waals surface area contributed by atoms with E-state index in [1.165, 1.54) is 0 Å². The highest BCUT2D eigenvalue weighted by atomic mass is 16.3. The maximum absolute atomic E-state index is 12.7. The molecular weight excluding hydrogens is 486 g/mol. The molecule has 0 unspecified atom stereocenters. The summed E-state index contributed by atoms with van der Waals surface area (Å²) in [6.45, 7) is 9.83. The number of phenolic OH excluding ortho intramolecular Hbond substituents is 2. The van der Waals surface area contributed by atoms with Crippen molar-refractivity contribution in [3.63, 3.8) is 0 Å². The van der Waals surface area contributed by atoms with Gasteiger partial charge in [0.15, 0.2) is 0 Å². The highest BCUT2D eigenvalue weighted by Crippen LogP contribution is 2.39. The van der Waals surface area contributed by atoms with Gasteiger partial charge in [0, 0.05) is 42.4 Å². The molecule has 39 heavy (non-hydrogen) atoms. The molecule has 3 aromatic rings. The molecule has 0 bridgehead atoms. The Kier molecular flexibility index (Phi) is 9.58. The standard InChI is InChI=1S/C33H39N3O3/c1-3-8-23-12-13-31(37)28(19-23)29-20-25(9-4-2)18-26(32(29)38)22-36-16-14-27(15-17-36)35-33(39)30(34)21-24-10-6-5-7-11-24/h3-7,10-13,18-20,27,30,37-38H,1-2,8-9,14-17,21-22,34H2,(H,35,39)/t30-/m0/s1. The number of rotatable bonds is 11. The summed E-state index contributed by atoms with van der Waals surface area (Å²) in [4.78, 5) is 15.0. The summed E-state index contributed by atoms with van der Waals surface area (Å²) in [5, 5.41) is 25.1. The third-order valence-electron chi connectivity index (χ3n) is 7.32. The molecule has 6 nitrogen and oxygen atoms in total. The predicted molar refractivity (Wildman–Crippen MR) is 158 cm³/mol. The van der Waals surface area contributed by atoms with E-state index < -0.39 is 6.04 Å². The van der Waals surface area contributed by atoms with Gasteiger partial charge in [-0.1, -0.05) is 54.6 Å². The van der Waals surface area contributed by atoms with Crippen molar-refractivity contribution in [1.82, 2.24) is 10.2 Å². The number of nitrogens with one attached hydrogen (secondary N) is 1. The number of nitrogens with two attached hydrogens (primary N) is 1. The van der Waals surface area contributed by atoms with Gasteiger partial charge in [0.05, 0.1) is 6.04 Å². The van der Waals surface area contributed by atoms with Gasteiger partial charge in [0.25, 0.3) is 0 Å². The van der Waals surface area contributed by atoms with Crippen LogP contribution in [0.25, 0.3) is 11.1 Å². The smallest absolute Gasteiger partial charge is 0.237 e. The number of carbonyl (C=O) groups excluding carboxylic acids is 1. The van der Waals surface area contributed by atoms with Crippen LogP contribution in [0.2, 0.25) is 0 Å². The summed E-state index contributed by atoms with van der Waals surface area (Å²) in [5.74, 6) is 0.188. The lowest BCUT2D eigenvalue weighted by molar-refractivity contribution is -0.123. The van der Waals surface area contributed by atoms with Crippen molar-refractivity contribution in [3.05, 3.63) is 108 Å². The Bertz CT molecular complexity index is 1300. The van der Waals surface area contributed by atoms with E-state index in [1.54, 1.807) is 6.07 Å². The number of benzene rings is 3. The topological polar surface area (TPSA) is 98.8 Å². The van der Waals surface area contributed by atoms with Crippen LogP contribution in [0.4, 0.5) is 0 Å². The Hall–Kier alpha value is -3.87. The highest BCUT2D eigenvalue weighted by Gasteiger charge is 2.24. The summed E-state index contributed by atoms with van der Waals surface area (Å²) in [6, 6.07) is 18.7. The first kappa shape index (κ1) is 28.1. The van der Waals surface area contributed by atoms with Gasteiger partial charge in [0.1, 0.15) is 11.5 Å². The number of phenols is 2. The van der Waals surface area contributed by atoms with Crippen LogP contribution in [0.15, 0.2) is 86.0 Å². The molecule has 1 aliphatic heterocycles. The largest absolute Gasteiger partial charge is 0.507 e. The van der Waals surface area contributed by atoms with E-state index in [-0.39, 0.29) is 23.4 Å². The first-order valence-corrected chi connectivity index (χ1v) is 13.6. The molecule has 1 amide bonds. The first-order chi connectivity index (χ1) is 18.9. The Morgan fingerprint density at radius 2 is 1.62 bits per heavy atom. The Morgan fingerprint density at radius 1 is 0.949 bits per heavy atom. The maximum atomic E-state index is 12.7. The van der Waals surface area contributed by atoms with Crippen molar-refractivity contribution in [3.8, 4) is 22.6 Å².